The van der Waals surface area contributed by atoms with Crippen LogP contribution in [0.3, 0.4) is 0 Å². The summed E-state index contributed by atoms with van der Waals surface area (Å²) >= 11 is 0. The Morgan fingerprint density at radius 1 is 1.38 bits per heavy atom. The maximum absolute atomic E-state index is 9.86. The monoisotopic (exact) mass is 284 g/mol. The molecule has 21 heavy (non-hydrogen) atoms. The molecule has 0 radical (unpaired) electrons. The molecule has 0 aromatic heterocycles. The summed E-state index contributed by atoms with van der Waals surface area (Å²) in [6, 6.07) is 7.38. The van der Waals surface area contributed by atoms with Crippen LogP contribution >= 0.6 is 0 Å². The van der Waals surface area contributed by atoms with Crippen LogP contribution in [-0.4, -0.2) is 10.8 Å². The van der Waals surface area contributed by atoms with E-state index in [0.717, 1.165) is 23.3 Å². The normalized spacial score (nSPS) is 17.8. The summed E-state index contributed by atoms with van der Waals surface area (Å²) in [7, 11) is 0. The first-order valence-electron chi connectivity index (χ1n) is 7.32. The second-order valence-corrected chi connectivity index (χ2v) is 4.34. The van der Waals surface area contributed by atoms with Gasteiger partial charge in [0.05, 0.1) is 11.8 Å². The first-order chi connectivity index (χ1) is 10.3. The first-order valence-corrected chi connectivity index (χ1v) is 7.32. The highest BCUT2D eigenvalue weighted by molar-refractivity contribution is 6.03. The number of hydrogen-bond acceptors (Lipinski definition) is 3. The molecule has 0 amide bonds. The lowest BCUT2D eigenvalue weighted by atomic mass is 9.98. The molecule has 0 aliphatic carbocycles. The van der Waals surface area contributed by atoms with Crippen LogP contribution in [-0.2, 0) is 0 Å². The molecule has 2 N–H and O–H groups in total. The van der Waals surface area contributed by atoms with E-state index in [1.807, 2.05) is 57.2 Å². The zero-order chi connectivity index (χ0) is 15.7. The summed E-state index contributed by atoms with van der Waals surface area (Å²) in [5.74, 6) is 0.306. The predicted molar refractivity (Wildman–Crippen MR) is 90.5 cm³/mol. The Kier molecular flexibility index (Phi) is 7.02. The van der Waals surface area contributed by atoms with E-state index in [0.29, 0.717) is 5.75 Å². The topological polar surface area (TPSA) is 44.6 Å². The van der Waals surface area contributed by atoms with Crippen LogP contribution in [0.25, 0.3) is 0 Å². The lowest BCUT2D eigenvalue weighted by Gasteiger charge is -2.11. The third-order valence-corrected chi connectivity index (χ3v) is 3.12. The minimum absolute atomic E-state index is 0.0308. The Labute approximate surface area is 127 Å². The van der Waals surface area contributed by atoms with E-state index < -0.39 is 0 Å². The largest absolute Gasteiger partial charge is 0.508 e. The fourth-order valence-electron chi connectivity index (χ4n) is 2.12. The van der Waals surface area contributed by atoms with E-state index >= 15 is 0 Å². The zero-order valence-electron chi connectivity index (χ0n) is 13.0. The molecule has 0 saturated heterocycles. The summed E-state index contributed by atoms with van der Waals surface area (Å²) in [5.41, 5.74) is 6.03. The maximum Gasteiger partial charge on any atom is 0.120 e. The van der Waals surface area contributed by atoms with Crippen molar-refractivity contribution >= 4 is 5.71 Å². The van der Waals surface area contributed by atoms with Gasteiger partial charge in [-0.15, -0.1) is 0 Å². The average molecular weight is 284 g/mol. The average Bonchev–Trinajstić information content (AvgIpc) is 3.00. The van der Waals surface area contributed by atoms with Crippen LogP contribution in [0.15, 0.2) is 65.8 Å². The number of rotatable bonds is 4. The summed E-state index contributed by atoms with van der Waals surface area (Å²) in [5, 5.41) is 14.2. The number of hydrazone groups is 1. The summed E-state index contributed by atoms with van der Waals surface area (Å²) in [6.07, 6.45) is 8.41. The number of allylic oxidation sites excluding steroid dienone is 5. The van der Waals surface area contributed by atoms with Gasteiger partial charge in [-0.3, -0.25) is 0 Å². The standard InChI is InChI=1S/C16H18N2O.C2H6/c1-3-5-8-12(4-2)14-11-15(18-17-14)13-9-6-7-10-16(13)19;1-2/h3-10,15,18-19H,1,11H2,2H3;1-2H3/b8-5-,12-4+;. The molecule has 1 aromatic rings. The van der Waals surface area contributed by atoms with Gasteiger partial charge in [0.1, 0.15) is 5.75 Å². The molecule has 1 heterocycles. The van der Waals surface area contributed by atoms with E-state index in [1.54, 1.807) is 12.1 Å². The van der Waals surface area contributed by atoms with Crippen molar-refractivity contribution in [1.29, 1.82) is 0 Å². The van der Waals surface area contributed by atoms with Gasteiger partial charge in [0.25, 0.3) is 0 Å². The molecule has 3 heteroatoms. The first kappa shape index (κ1) is 16.8. The van der Waals surface area contributed by atoms with E-state index in [4.69, 9.17) is 0 Å². The second-order valence-electron chi connectivity index (χ2n) is 4.34. The quantitative estimate of drug-likeness (QED) is 0.800. The van der Waals surface area contributed by atoms with Gasteiger partial charge < -0.3 is 10.5 Å². The second kappa shape index (κ2) is 8.80. The molecule has 0 spiro atoms. The molecule has 0 saturated carbocycles. The highest BCUT2D eigenvalue weighted by Crippen LogP contribution is 2.30. The van der Waals surface area contributed by atoms with Gasteiger partial charge in [-0.05, 0) is 18.6 Å². The van der Waals surface area contributed by atoms with Crippen molar-refractivity contribution in [2.24, 2.45) is 5.10 Å². The lowest BCUT2D eigenvalue weighted by molar-refractivity contribution is 0.455. The maximum atomic E-state index is 9.86. The minimum atomic E-state index is 0.0308. The Hall–Kier alpha value is -2.29. The van der Waals surface area contributed by atoms with Crippen LogP contribution in [0.1, 0.15) is 38.8 Å². The molecule has 1 unspecified atom stereocenters. The van der Waals surface area contributed by atoms with Crippen LogP contribution < -0.4 is 5.43 Å². The Balaban J connectivity index is 0.00000106. The predicted octanol–water partition coefficient (Wildman–Crippen LogP) is 4.50. The number of benzene rings is 1. The zero-order valence-corrected chi connectivity index (χ0v) is 13.0. The summed E-state index contributed by atoms with van der Waals surface area (Å²) < 4.78 is 0. The molecule has 112 valence electrons. The van der Waals surface area contributed by atoms with E-state index in [-0.39, 0.29) is 6.04 Å². The van der Waals surface area contributed by atoms with E-state index in [9.17, 15) is 5.11 Å². The molecule has 2 rings (SSSR count). The molecule has 3 nitrogen and oxygen atoms in total. The highest BCUT2D eigenvalue weighted by Gasteiger charge is 2.23. The minimum Gasteiger partial charge on any atom is -0.508 e. The highest BCUT2D eigenvalue weighted by atomic mass is 16.3. The van der Waals surface area contributed by atoms with Gasteiger partial charge in [0, 0.05) is 12.0 Å². The smallest absolute Gasteiger partial charge is 0.120 e. The van der Waals surface area contributed by atoms with Crippen molar-refractivity contribution in [3.8, 4) is 5.75 Å². The van der Waals surface area contributed by atoms with E-state index in [1.165, 1.54) is 0 Å². The Morgan fingerprint density at radius 3 is 2.71 bits per heavy atom. The van der Waals surface area contributed by atoms with Crippen molar-refractivity contribution in [2.75, 3.05) is 0 Å². The molecule has 0 fully saturated rings. The number of aromatic hydroxyl groups is 1. The number of nitrogens with one attached hydrogen (secondary N) is 1. The molecule has 1 atom stereocenters. The number of nitrogens with zero attached hydrogens (tertiary/aromatic N) is 1. The molecule has 1 aliphatic rings. The Morgan fingerprint density at radius 2 is 2.10 bits per heavy atom. The Bertz CT molecular complexity index is 556. The van der Waals surface area contributed by atoms with Gasteiger partial charge in [0.15, 0.2) is 0 Å². The van der Waals surface area contributed by atoms with Crippen molar-refractivity contribution in [3.05, 3.63) is 66.3 Å². The van der Waals surface area contributed by atoms with Crippen LogP contribution in [0.2, 0.25) is 0 Å². The molecular weight excluding hydrogens is 260 g/mol. The van der Waals surface area contributed by atoms with Gasteiger partial charge in [-0.2, -0.15) is 5.10 Å². The van der Waals surface area contributed by atoms with E-state index in [2.05, 4.69) is 17.1 Å². The van der Waals surface area contributed by atoms with Gasteiger partial charge in [-0.1, -0.05) is 62.9 Å². The summed E-state index contributed by atoms with van der Waals surface area (Å²) in [6.45, 7) is 9.65. The van der Waals surface area contributed by atoms with Crippen molar-refractivity contribution in [2.45, 2.75) is 33.2 Å². The van der Waals surface area contributed by atoms with Crippen LogP contribution in [0, 0.1) is 0 Å². The third-order valence-electron chi connectivity index (χ3n) is 3.12. The SMILES string of the molecule is C=C/C=C\C(=C/C)C1=NNC(c2ccccc2O)C1.CC. The van der Waals surface area contributed by atoms with Gasteiger partial charge in [-0.25, -0.2) is 0 Å². The number of phenolic OH excluding ortho intramolecular Hbond substituents is 1. The molecule has 1 aliphatic heterocycles. The van der Waals surface area contributed by atoms with Crippen LogP contribution in [0.5, 0.6) is 5.75 Å². The molecule has 1 aromatic carbocycles. The number of hydrogen-bond donors (Lipinski definition) is 2. The van der Waals surface area contributed by atoms with Crippen molar-refractivity contribution in [3.63, 3.8) is 0 Å². The van der Waals surface area contributed by atoms with Gasteiger partial charge >= 0.3 is 0 Å². The number of para-hydroxylation sites is 1. The summed E-state index contributed by atoms with van der Waals surface area (Å²) in [4.78, 5) is 0. The van der Waals surface area contributed by atoms with Crippen molar-refractivity contribution < 1.29 is 5.11 Å². The number of phenols is 1. The molecule has 0 bridgehead atoms. The molecular formula is C18H24N2O. The van der Waals surface area contributed by atoms with Gasteiger partial charge in [0.2, 0.25) is 0 Å². The van der Waals surface area contributed by atoms with Crippen molar-refractivity contribution in [1.82, 2.24) is 5.43 Å². The third kappa shape index (κ3) is 4.35. The fourth-order valence-corrected chi connectivity index (χ4v) is 2.12. The fraction of sp³-hybridized carbons (Fsp3) is 0.278. The van der Waals surface area contributed by atoms with Crippen LogP contribution in [0.4, 0.5) is 0 Å². The lowest BCUT2D eigenvalue weighted by Crippen LogP contribution is -2.10.